The van der Waals surface area contributed by atoms with Crippen LogP contribution in [0, 0.1) is 0 Å². The summed E-state index contributed by atoms with van der Waals surface area (Å²) in [7, 11) is -4.92. The van der Waals surface area contributed by atoms with E-state index in [1.165, 1.54) is 4.90 Å². The van der Waals surface area contributed by atoms with E-state index in [0.29, 0.717) is 11.3 Å². The Morgan fingerprint density at radius 3 is 2.20 bits per heavy atom. The fraction of sp³-hybridized carbons (Fsp3) is 0.211. The smallest absolute Gasteiger partial charge is 0.331 e. The third-order valence-corrected chi connectivity index (χ3v) is 4.96. The minimum Gasteiger partial charge on any atom is -0.459 e. The largest absolute Gasteiger partial charge is 0.459 e. The lowest BCUT2D eigenvalue weighted by Gasteiger charge is -2.22. The minimum atomic E-state index is -4.92. The van der Waals surface area contributed by atoms with Gasteiger partial charge < -0.3 is 4.74 Å². The molecule has 1 heterocycles. The van der Waals surface area contributed by atoms with Crippen LogP contribution >= 0.6 is 0 Å². The van der Waals surface area contributed by atoms with Crippen LogP contribution in [0.5, 0.6) is 0 Å². The van der Waals surface area contributed by atoms with Crippen LogP contribution in [0.1, 0.15) is 11.8 Å². The van der Waals surface area contributed by atoms with Gasteiger partial charge in [0.25, 0.3) is 16.0 Å². The van der Waals surface area contributed by atoms with Crippen LogP contribution in [0.2, 0.25) is 0 Å². The molecule has 0 aromatic heterocycles. The summed E-state index contributed by atoms with van der Waals surface area (Å²) in [5, 5.41) is 0.204. The fourth-order valence-electron chi connectivity index (χ4n) is 2.59. The first-order valence-electron chi connectivity index (χ1n) is 8.48. The summed E-state index contributed by atoms with van der Waals surface area (Å²) < 4.78 is 83.7. The molecule has 0 spiro atoms. The van der Waals surface area contributed by atoms with E-state index in [4.69, 9.17) is 4.74 Å². The lowest BCUT2D eigenvalue weighted by molar-refractivity contribution is -0.147. The van der Waals surface area contributed by atoms with Crippen molar-refractivity contribution in [2.45, 2.75) is 18.6 Å². The number of hydrogen-bond acceptors (Lipinski definition) is 5. The zero-order valence-corrected chi connectivity index (χ0v) is 15.9. The maximum Gasteiger partial charge on any atom is 0.331 e. The summed E-state index contributed by atoms with van der Waals surface area (Å²) in [6, 6.07) is 16.6. The van der Waals surface area contributed by atoms with Crippen LogP contribution in [-0.4, -0.2) is 33.3 Å². The van der Waals surface area contributed by atoms with Crippen molar-refractivity contribution >= 4 is 21.7 Å². The highest BCUT2D eigenvalue weighted by atomic mass is 32.2. The number of carbonyl (C=O) groups is 1. The molecule has 0 N–H and O–H groups in total. The molecule has 11 heteroatoms. The average molecular weight is 445 g/mol. The van der Waals surface area contributed by atoms with E-state index in [1.54, 1.807) is 60.7 Å². The van der Waals surface area contributed by atoms with E-state index in [2.05, 4.69) is 4.18 Å². The zero-order chi connectivity index (χ0) is 21.9. The third-order valence-electron chi connectivity index (χ3n) is 4.01. The van der Waals surface area contributed by atoms with Gasteiger partial charge in [0.2, 0.25) is 12.0 Å². The number of benzene rings is 2. The Balaban J connectivity index is 1.91. The molecule has 0 aliphatic carbocycles. The lowest BCUT2D eigenvalue weighted by atomic mass is 10.1. The second-order valence-corrected chi connectivity index (χ2v) is 7.65. The van der Waals surface area contributed by atoms with Gasteiger partial charge in [-0.3, -0.25) is 13.9 Å². The van der Waals surface area contributed by atoms with E-state index in [1.807, 2.05) is 0 Å². The molecule has 2 aromatic rings. The van der Waals surface area contributed by atoms with Crippen LogP contribution in [-0.2, 0) is 23.8 Å². The van der Waals surface area contributed by atoms with Gasteiger partial charge in [0.15, 0.2) is 0 Å². The van der Waals surface area contributed by atoms with Crippen LogP contribution in [0.3, 0.4) is 0 Å². The number of nitrogens with zero attached hydrogens (tertiary/aromatic N) is 1. The number of amides is 1. The second kappa shape index (κ2) is 8.44. The SMILES string of the molecule is O=C1/C(=C\S(=O)(=O)OCC(F)(F)C(F)F)O[C@H](c2ccccc2)N1c1ccccc1. The van der Waals surface area contributed by atoms with E-state index in [9.17, 15) is 30.8 Å². The quantitative estimate of drug-likeness (QED) is 0.368. The summed E-state index contributed by atoms with van der Waals surface area (Å²) in [5.74, 6) is -6.25. The van der Waals surface area contributed by atoms with Gasteiger partial charge in [0.05, 0.1) is 0 Å². The van der Waals surface area contributed by atoms with Crippen molar-refractivity contribution < 1.29 is 39.7 Å². The highest BCUT2D eigenvalue weighted by molar-refractivity contribution is 7.89. The summed E-state index contributed by atoms with van der Waals surface area (Å²) in [6.07, 6.45) is -5.15. The Morgan fingerprint density at radius 1 is 1.07 bits per heavy atom. The minimum absolute atomic E-state index is 0.204. The maximum absolute atomic E-state index is 13.0. The van der Waals surface area contributed by atoms with Crippen LogP contribution in [0.25, 0.3) is 0 Å². The molecular weight excluding hydrogens is 430 g/mol. The molecule has 0 bridgehead atoms. The number of carbonyl (C=O) groups excluding carboxylic acids is 1. The maximum atomic E-state index is 13.0. The molecule has 1 atom stereocenters. The monoisotopic (exact) mass is 445 g/mol. The van der Waals surface area contributed by atoms with Crippen molar-refractivity contribution in [2.75, 3.05) is 11.5 Å². The number of hydrogen-bond donors (Lipinski definition) is 0. The molecular formula is C19H15F4NO5S. The van der Waals surface area contributed by atoms with Crippen molar-refractivity contribution in [3.8, 4) is 0 Å². The normalized spacial score (nSPS) is 18.8. The van der Waals surface area contributed by atoms with E-state index in [-0.39, 0.29) is 5.41 Å². The number of halogens is 4. The fourth-order valence-corrected chi connectivity index (χ4v) is 3.40. The Hall–Kier alpha value is -2.92. The molecule has 1 fully saturated rings. The van der Waals surface area contributed by atoms with Gasteiger partial charge in [0.1, 0.15) is 12.0 Å². The second-order valence-electron chi connectivity index (χ2n) is 6.19. The summed E-state index contributed by atoms with van der Waals surface area (Å²) >= 11 is 0. The molecule has 3 rings (SSSR count). The van der Waals surface area contributed by atoms with Gasteiger partial charge in [-0.1, -0.05) is 48.5 Å². The Labute approximate surface area is 169 Å². The van der Waals surface area contributed by atoms with Gasteiger partial charge in [-0.25, -0.2) is 8.78 Å². The molecule has 6 nitrogen and oxygen atoms in total. The van der Waals surface area contributed by atoms with Crippen molar-refractivity contribution in [3.05, 3.63) is 77.4 Å². The number of para-hydroxylation sites is 1. The van der Waals surface area contributed by atoms with Gasteiger partial charge in [0, 0.05) is 11.3 Å². The van der Waals surface area contributed by atoms with Crippen LogP contribution in [0.4, 0.5) is 23.2 Å². The van der Waals surface area contributed by atoms with E-state index >= 15 is 0 Å². The van der Waals surface area contributed by atoms with E-state index in [0.717, 1.165) is 0 Å². The molecule has 1 aliphatic rings. The third kappa shape index (κ3) is 4.79. The summed E-state index contributed by atoms with van der Waals surface area (Å²) in [4.78, 5) is 14.0. The Kier molecular flexibility index (Phi) is 6.13. The Morgan fingerprint density at radius 2 is 1.63 bits per heavy atom. The molecule has 0 saturated carbocycles. The van der Waals surface area contributed by atoms with Gasteiger partial charge >= 0.3 is 12.3 Å². The predicted octanol–water partition coefficient (Wildman–Crippen LogP) is 3.84. The van der Waals surface area contributed by atoms with Crippen LogP contribution in [0.15, 0.2) is 71.8 Å². The van der Waals surface area contributed by atoms with Crippen LogP contribution < -0.4 is 4.90 Å². The molecule has 160 valence electrons. The van der Waals surface area contributed by atoms with E-state index < -0.39 is 47.0 Å². The summed E-state index contributed by atoms with van der Waals surface area (Å²) in [6.45, 7) is -2.07. The molecule has 0 radical (unpaired) electrons. The highest BCUT2D eigenvalue weighted by Crippen LogP contribution is 2.37. The van der Waals surface area contributed by atoms with Gasteiger partial charge in [-0.15, -0.1) is 0 Å². The number of ether oxygens (including phenoxy) is 1. The molecule has 1 amide bonds. The molecule has 1 aliphatic heterocycles. The number of alkyl halides is 4. The van der Waals surface area contributed by atoms with Crippen molar-refractivity contribution in [1.29, 1.82) is 0 Å². The van der Waals surface area contributed by atoms with Gasteiger partial charge in [-0.2, -0.15) is 17.2 Å². The first-order chi connectivity index (χ1) is 14.1. The molecule has 0 unspecified atom stereocenters. The zero-order valence-electron chi connectivity index (χ0n) is 15.1. The average Bonchev–Trinajstić information content (AvgIpc) is 3.03. The Bertz CT molecular complexity index is 1030. The van der Waals surface area contributed by atoms with Crippen molar-refractivity contribution in [1.82, 2.24) is 0 Å². The number of anilines is 1. The van der Waals surface area contributed by atoms with Crippen molar-refractivity contribution in [3.63, 3.8) is 0 Å². The lowest BCUT2D eigenvalue weighted by Crippen LogP contribution is -2.33. The molecule has 2 aromatic carbocycles. The molecule has 1 saturated heterocycles. The molecule has 30 heavy (non-hydrogen) atoms. The topological polar surface area (TPSA) is 72.9 Å². The summed E-state index contributed by atoms with van der Waals surface area (Å²) in [5.41, 5.74) is 0.906. The first-order valence-corrected chi connectivity index (χ1v) is 9.95. The predicted molar refractivity (Wildman–Crippen MR) is 98.1 cm³/mol. The standard InChI is InChI=1S/C19H15F4NO5S/c20-18(21)19(22,23)12-28-30(26,27)11-15-16(25)24(14-9-5-2-6-10-14)17(29-15)13-7-3-1-4-8-13/h1-11,17-18H,12H2/b15-11+/t17-/m1/s1. The number of rotatable bonds is 7. The van der Waals surface area contributed by atoms with Crippen molar-refractivity contribution in [2.24, 2.45) is 0 Å². The highest BCUT2D eigenvalue weighted by Gasteiger charge is 2.44. The first kappa shape index (κ1) is 21.8. The van der Waals surface area contributed by atoms with Gasteiger partial charge in [-0.05, 0) is 12.1 Å².